The van der Waals surface area contributed by atoms with E-state index in [0.29, 0.717) is 0 Å². The molecule has 0 spiro atoms. The van der Waals surface area contributed by atoms with Crippen LogP contribution in [0.15, 0.2) is 11.3 Å². The zero-order valence-electron chi connectivity index (χ0n) is 12.7. The molecule has 0 saturated carbocycles. The van der Waals surface area contributed by atoms with Crippen molar-refractivity contribution in [3.8, 4) is 6.07 Å². The highest BCUT2D eigenvalue weighted by molar-refractivity contribution is 6.70. The molecule has 0 N–H and O–H groups in total. The van der Waals surface area contributed by atoms with Gasteiger partial charge >= 0.3 is 5.97 Å². The Kier molecular flexibility index (Phi) is 4.46. The van der Waals surface area contributed by atoms with Gasteiger partial charge in [-0.1, -0.05) is 0 Å². The van der Waals surface area contributed by atoms with Crippen molar-refractivity contribution >= 4 is 14.3 Å². The zero-order valence-corrected chi connectivity index (χ0v) is 13.7. The van der Waals surface area contributed by atoms with E-state index in [0.717, 1.165) is 24.2 Å². The van der Waals surface area contributed by atoms with Crippen molar-refractivity contribution in [2.75, 3.05) is 7.11 Å². The van der Waals surface area contributed by atoms with Crippen LogP contribution in [0.2, 0.25) is 19.6 Å². The molecule has 0 aromatic heterocycles. The first-order chi connectivity index (χ1) is 8.65. The first-order valence-corrected chi connectivity index (χ1v) is 9.95. The van der Waals surface area contributed by atoms with E-state index in [1.165, 1.54) is 7.11 Å². The van der Waals surface area contributed by atoms with Gasteiger partial charge in [-0.15, -0.1) is 0 Å². The number of rotatable bonds is 4. The van der Waals surface area contributed by atoms with Crippen LogP contribution in [-0.4, -0.2) is 21.4 Å². The van der Waals surface area contributed by atoms with Gasteiger partial charge in [0.25, 0.3) is 0 Å². The summed E-state index contributed by atoms with van der Waals surface area (Å²) in [7, 11) is -0.331. The summed E-state index contributed by atoms with van der Waals surface area (Å²) in [6, 6.07) is 2.13. The maximum absolute atomic E-state index is 11.9. The van der Waals surface area contributed by atoms with Gasteiger partial charge in [0.2, 0.25) is 8.32 Å². The lowest BCUT2D eigenvalue weighted by Crippen LogP contribution is -2.35. The summed E-state index contributed by atoms with van der Waals surface area (Å²) in [5.74, 6) is 0.388. The number of carbonyl (C=O) groups is 1. The number of hydrogen-bond acceptors (Lipinski definition) is 4. The summed E-state index contributed by atoms with van der Waals surface area (Å²) in [5.41, 5.74) is -0.0968. The first-order valence-electron chi connectivity index (χ1n) is 6.54. The second-order valence-corrected chi connectivity index (χ2v) is 10.6. The molecule has 5 heteroatoms. The van der Waals surface area contributed by atoms with E-state index in [2.05, 4.69) is 25.7 Å². The monoisotopic (exact) mass is 281 g/mol. The summed E-state index contributed by atoms with van der Waals surface area (Å²) in [4.78, 5) is 11.9. The predicted octanol–water partition coefficient (Wildman–Crippen LogP) is 3.22. The Labute approximate surface area is 116 Å². The maximum Gasteiger partial charge on any atom is 0.326 e. The molecule has 0 aliphatic heterocycles. The summed E-state index contributed by atoms with van der Waals surface area (Å²) in [6.07, 6.45) is 1.57. The Balaban J connectivity index is 3.05. The molecule has 0 fully saturated rings. The van der Waals surface area contributed by atoms with Crippen LogP contribution in [0.4, 0.5) is 0 Å². The van der Waals surface area contributed by atoms with Gasteiger partial charge in [0, 0.05) is 12.3 Å². The third-order valence-corrected chi connectivity index (χ3v) is 4.45. The van der Waals surface area contributed by atoms with Gasteiger partial charge in [-0.3, -0.25) is 4.79 Å². The fourth-order valence-electron chi connectivity index (χ4n) is 2.58. The fraction of sp³-hybridized carbons (Fsp3) is 0.714. The Bertz CT molecular complexity index is 445. The summed E-state index contributed by atoms with van der Waals surface area (Å²) in [5, 5.41) is 9.38. The third kappa shape index (κ3) is 3.18. The van der Waals surface area contributed by atoms with Gasteiger partial charge < -0.3 is 9.16 Å². The van der Waals surface area contributed by atoms with Crippen molar-refractivity contribution < 1.29 is 14.0 Å². The lowest BCUT2D eigenvalue weighted by molar-refractivity contribution is -0.150. The van der Waals surface area contributed by atoms with Crippen molar-refractivity contribution in [3.05, 3.63) is 11.3 Å². The smallest absolute Gasteiger partial charge is 0.326 e. The highest BCUT2D eigenvalue weighted by atomic mass is 28.4. The normalized spacial score (nSPS) is 22.7. The second-order valence-electron chi connectivity index (χ2n) is 6.22. The molecule has 19 heavy (non-hydrogen) atoms. The summed E-state index contributed by atoms with van der Waals surface area (Å²) >= 11 is 0. The average molecular weight is 281 g/mol. The van der Waals surface area contributed by atoms with Crippen molar-refractivity contribution in [2.24, 2.45) is 11.3 Å². The standard InChI is InChI=1S/C14H23NO3Si/c1-10-11(14(2,9-15)13(16)17-3)7-8-12(10)18-19(4,5)6/h11H,7-8H2,1-6H3. The second kappa shape index (κ2) is 5.38. The van der Waals surface area contributed by atoms with E-state index in [-0.39, 0.29) is 5.92 Å². The van der Waals surface area contributed by atoms with Crippen LogP contribution >= 0.6 is 0 Å². The summed E-state index contributed by atoms with van der Waals surface area (Å²) < 4.78 is 10.8. The molecule has 0 heterocycles. The number of allylic oxidation sites excluding steroid dienone is 2. The van der Waals surface area contributed by atoms with Gasteiger partial charge in [0.15, 0.2) is 5.41 Å². The fourth-order valence-corrected chi connectivity index (χ4v) is 3.59. The Morgan fingerprint density at radius 3 is 2.47 bits per heavy atom. The number of hydrogen-bond donors (Lipinski definition) is 0. The molecular formula is C14H23NO3Si. The molecule has 106 valence electrons. The van der Waals surface area contributed by atoms with Crippen LogP contribution in [0.1, 0.15) is 26.7 Å². The Hall–Kier alpha value is -1.28. The van der Waals surface area contributed by atoms with Gasteiger partial charge in [0.05, 0.1) is 18.9 Å². The van der Waals surface area contributed by atoms with E-state index in [1.54, 1.807) is 6.92 Å². The number of ether oxygens (including phenoxy) is 1. The number of esters is 1. The minimum Gasteiger partial charge on any atom is -0.547 e. The molecule has 4 nitrogen and oxygen atoms in total. The minimum atomic E-state index is -1.66. The molecule has 0 saturated heterocycles. The largest absolute Gasteiger partial charge is 0.547 e. The molecule has 0 aromatic carbocycles. The van der Waals surface area contributed by atoms with Crippen LogP contribution in [0.5, 0.6) is 0 Å². The predicted molar refractivity (Wildman–Crippen MR) is 75.6 cm³/mol. The molecule has 1 aliphatic rings. The van der Waals surface area contributed by atoms with Crippen LogP contribution in [0, 0.1) is 22.7 Å². The Morgan fingerprint density at radius 1 is 1.47 bits per heavy atom. The quantitative estimate of drug-likeness (QED) is 0.586. The SMILES string of the molecule is COC(=O)C(C)(C#N)C1CCC(O[Si](C)(C)C)=C1C. The molecule has 1 aliphatic carbocycles. The topological polar surface area (TPSA) is 59.3 Å². The van der Waals surface area contributed by atoms with E-state index < -0.39 is 19.7 Å². The van der Waals surface area contributed by atoms with Gasteiger partial charge in [-0.2, -0.15) is 5.26 Å². The van der Waals surface area contributed by atoms with Crippen molar-refractivity contribution in [2.45, 2.75) is 46.3 Å². The van der Waals surface area contributed by atoms with Crippen molar-refractivity contribution in [3.63, 3.8) is 0 Å². The van der Waals surface area contributed by atoms with E-state index >= 15 is 0 Å². The third-order valence-electron chi connectivity index (χ3n) is 3.59. The molecule has 2 atom stereocenters. The van der Waals surface area contributed by atoms with Gasteiger partial charge in [-0.05, 0) is 45.5 Å². The molecule has 0 amide bonds. The van der Waals surface area contributed by atoms with Gasteiger partial charge in [0.1, 0.15) is 0 Å². The van der Waals surface area contributed by atoms with Crippen molar-refractivity contribution in [1.82, 2.24) is 0 Å². The molecule has 0 aromatic rings. The molecule has 0 radical (unpaired) electrons. The number of nitriles is 1. The number of nitrogens with zero attached hydrogens (tertiary/aromatic N) is 1. The van der Waals surface area contributed by atoms with Crippen LogP contribution in [0.25, 0.3) is 0 Å². The highest BCUT2D eigenvalue weighted by Crippen LogP contribution is 2.44. The number of carbonyl (C=O) groups excluding carboxylic acids is 1. The lowest BCUT2D eigenvalue weighted by Gasteiger charge is -2.27. The number of methoxy groups -OCH3 is 1. The molecule has 2 unspecified atom stereocenters. The highest BCUT2D eigenvalue weighted by Gasteiger charge is 2.47. The minimum absolute atomic E-state index is 0.115. The average Bonchev–Trinajstić information content (AvgIpc) is 2.67. The Morgan fingerprint density at radius 2 is 2.05 bits per heavy atom. The maximum atomic E-state index is 11.9. The van der Waals surface area contributed by atoms with E-state index in [1.807, 2.05) is 6.92 Å². The van der Waals surface area contributed by atoms with Crippen molar-refractivity contribution in [1.29, 1.82) is 5.26 Å². The first kappa shape index (κ1) is 15.8. The van der Waals surface area contributed by atoms with Gasteiger partial charge in [-0.25, -0.2) is 0 Å². The van der Waals surface area contributed by atoms with Crippen LogP contribution in [0.3, 0.4) is 0 Å². The molecule has 1 rings (SSSR count). The molecule has 0 bridgehead atoms. The van der Waals surface area contributed by atoms with E-state index in [9.17, 15) is 10.1 Å². The van der Waals surface area contributed by atoms with Crippen LogP contribution in [-0.2, 0) is 14.0 Å². The zero-order chi connectivity index (χ0) is 14.8. The lowest BCUT2D eigenvalue weighted by atomic mass is 9.75. The van der Waals surface area contributed by atoms with Crippen LogP contribution < -0.4 is 0 Å². The summed E-state index contributed by atoms with van der Waals surface area (Å²) in [6.45, 7) is 10.0. The molecular weight excluding hydrogens is 258 g/mol. The van der Waals surface area contributed by atoms with E-state index in [4.69, 9.17) is 9.16 Å².